The second kappa shape index (κ2) is 4.51. The molecule has 0 spiro atoms. The minimum atomic E-state index is 0.468. The molecule has 1 N–H and O–H groups in total. The Hall–Kier alpha value is -0.960. The molecule has 0 aromatic carbocycles. The highest BCUT2D eigenvalue weighted by Gasteiger charge is 2.21. The van der Waals surface area contributed by atoms with Crippen LogP contribution >= 0.6 is 0 Å². The van der Waals surface area contributed by atoms with Crippen LogP contribution in [0.3, 0.4) is 0 Å². The number of nitrogens with one attached hydrogen (secondary N) is 1. The van der Waals surface area contributed by atoms with Gasteiger partial charge in [0.25, 0.3) is 0 Å². The Morgan fingerprint density at radius 3 is 2.93 bits per heavy atom. The van der Waals surface area contributed by atoms with Crippen LogP contribution in [0.1, 0.15) is 37.8 Å². The maximum atomic E-state index is 4.06. The van der Waals surface area contributed by atoms with Gasteiger partial charge in [-0.2, -0.15) is 0 Å². The van der Waals surface area contributed by atoms with Crippen LogP contribution in [-0.2, 0) is 0 Å². The van der Waals surface area contributed by atoms with Crippen molar-refractivity contribution in [3.63, 3.8) is 0 Å². The van der Waals surface area contributed by atoms with Gasteiger partial charge in [0.05, 0.1) is 0 Å². The monoisotopic (exact) mass is 191 g/mol. The molecule has 0 amide bonds. The lowest BCUT2D eigenvalue weighted by Gasteiger charge is -2.29. The molecule has 0 aliphatic carbocycles. The van der Waals surface area contributed by atoms with Gasteiger partial charge in [0.1, 0.15) is 6.33 Å². The highest BCUT2D eigenvalue weighted by Crippen LogP contribution is 2.27. The highest BCUT2D eigenvalue weighted by molar-refractivity contribution is 5.10. The Morgan fingerprint density at radius 2 is 2.21 bits per heavy atom. The van der Waals surface area contributed by atoms with E-state index in [0.717, 1.165) is 12.5 Å². The first kappa shape index (κ1) is 9.59. The molecule has 1 aromatic rings. The minimum absolute atomic E-state index is 0.468. The van der Waals surface area contributed by atoms with E-state index < -0.39 is 0 Å². The number of hydrogen-bond acceptors (Lipinski definition) is 3. The van der Waals surface area contributed by atoms with Gasteiger partial charge in [-0.15, -0.1) is 0 Å². The van der Waals surface area contributed by atoms with Crippen molar-refractivity contribution in [1.29, 1.82) is 0 Å². The lowest BCUT2D eigenvalue weighted by molar-refractivity contribution is 0.298. The number of aromatic nitrogens is 2. The Morgan fingerprint density at radius 1 is 1.43 bits per heavy atom. The molecule has 0 bridgehead atoms. The molecule has 76 valence electrons. The van der Waals surface area contributed by atoms with Gasteiger partial charge in [0.15, 0.2) is 0 Å². The minimum Gasteiger partial charge on any atom is -0.310 e. The fourth-order valence-corrected chi connectivity index (χ4v) is 2.11. The summed E-state index contributed by atoms with van der Waals surface area (Å²) in [5, 5.41) is 3.52. The molecule has 0 saturated carbocycles. The summed E-state index contributed by atoms with van der Waals surface area (Å²) in [6.07, 6.45) is 9.24. The van der Waals surface area contributed by atoms with Crippen molar-refractivity contribution in [3.05, 3.63) is 24.3 Å². The number of rotatable bonds is 2. The summed E-state index contributed by atoms with van der Waals surface area (Å²) in [5.41, 5.74) is 1.23. The van der Waals surface area contributed by atoms with Gasteiger partial charge in [-0.3, -0.25) is 0 Å². The van der Waals surface area contributed by atoms with Gasteiger partial charge in [-0.1, -0.05) is 13.3 Å². The summed E-state index contributed by atoms with van der Waals surface area (Å²) >= 11 is 0. The first-order valence-corrected chi connectivity index (χ1v) is 5.38. The fraction of sp³-hybridized carbons (Fsp3) is 0.636. The molecule has 14 heavy (non-hydrogen) atoms. The number of hydrogen-bond donors (Lipinski definition) is 1. The van der Waals surface area contributed by atoms with Crippen molar-refractivity contribution in [2.24, 2.45) is 5.92 Å². The van der Waals surface area contributed by atoms with Crippen LogP contribution in [0.2, 0.25) is 0 Å². The summed E-state index contributed by atoms with van der Waals surface area (Å²) in [5.74, 6) is 0.862. The molecule has 2 unspecified atom stereocenters. The molecule has 3 heteroatoms. The van der Waals surface area contributed by atoms with Crippen LogP contribution in [0.15, 0.2) is 18.7 Å². The topological polar surface area (TPSA) is 37.8 Å². The van der Waals surface area contributed by atoms with Crippen LogP contribution < -0.4 is 5.32 Å². The first-order valence-electron chi connectivity index (χ1n) is 5.38. The quantitative estimate of drug-likeness (QED) is 0.776. The third kappa shape index (κ3) is 2.10. The maximum absolute atomic E-state index is 4.06. The molecule has 2 atom stereocenters. The zero-order chi connectivity index (χ0) is 9.80. The lowest BCUT2D eigenvalue weighted by Crippen LogP contribution is -2.31. The van der Waals surface area contributed by atoms with Gasteiger partial charge in [-0.05, 0) is 25.3 Å². The van der Waals surface area contributed by atoms with E-state index in [1.165, 1.54) is 24.8 Å². The van der Waals surface area contributed by atoms with Crippen molar-refractivity contribution in [1.82, 2.24) is 15.3 Å². The van der Waals surface area contributed by atoms with E-state index in [2.05, 4.69) is 22.2 Å². The average molecular weight is 191 g/mol. The molecule has 2 heterocycles. The van der Waals surface area contributed by atoms with Gasteiger partial charge in [0, 0.05) is 24.0 Å². The third-order valence-electron chi connectivity index (χ3n) is 3.07. The van der Waals surface area contributed by atoms with Crippen molar-refractivity contribution in [2.45, 2.75) is 32.2 Å². The molecular weight excluding hydrogens is 174 g/mol. The zero-order valence-electron chi connectivity index (χ0n) is 8.61. The van der Waals surface area contributed by atoms with Crippen LogP contribution in [0.4, 0.5) is 0 Å². The molecule has 1 saturated heterocycles. The highest BCUT2D eigenvalue weighted by atomic mass is 14.9. The van der Waals surface area contributed by atoms with Crippen LogP contribution in [0.25, 0.3) is 0 Å². The lowest BCUT2D eigenvalue weighted by atomic mass is 9.88. The summed E-state index contributed by atoms with van der Waals surface area (Å²) in [7, 11) is 0. The molecule has 1 aromatic heterocycles. The summed E-state index contributed by atoms with van der Waals surface area (Å²) in [4.78, 5) is 8.12. The Kier molecular flexibility index (Phi) is 3.09. The largest absolute Gasteiger partial charge is 0.310 e. The van der Waals surface area contributed by atoms with E-state index in [9.17, 15) is 0 Å². The van der Waals surface area contributed by atoms with Crippen molar-refractivity contribution in [2.75, 3.05) is 6.54 Å². The summed E-state index contributed by atoms with van der Waals surface area (Å²) < 4.78 is 0. The van der Waals surface area contributed by atoms with Crippen LogP contribution in [-0.4, -0.2) is 16.5 Å². The van der Waals surface area contributed by atoms with E-state index in [1.54, 1.807) is 6.33 Å². The summed E-state index contributed by atoms with van der Waals surface area (Å²) in [6.45, 7) is 3.40. The van der Waals surface area contributed by atoms with E-state index in [1.807, 2.05) is 12.4 Å². The Bertz CT molecular complexity index is 273. The zero-order valence-corrected chi connectivity index (χ0v) is 8.61. The smallest absolute Gasteiger partial charge is 0.115 e. The predicted molar refractivity (Wildman–Crippen MR) is 55.8 cm³/mol. The molecule has 3 nitrogen and oxygen atoms in total. The standard InChI is InChI=1S/C11H17N3/c1-2-9-3-4-14-11(5-9)10-6-12-8-13-7-10/h6-9,11,14H,2-5H2,1H3. The fourth-order valence-electron chi connectivity index (χ4n) is 2.11. The van der Waals surface area contributed by atoms with Gasteiger partial charge >= 0.3 is 0 Å². The molecular formula is C11H17N3. The first-order chi connectivity index (χ1) is 6.90. The van der Waals surface area contributed by atoms with Gasteiger partial charge in [0.2, 0.25) is 0 Å². The van der Waals surface area contributed by atoms with Gasteiger partial charge in [-0.25, -0.2) is 9.97 Å². The average Bonchev–Trinajstić information content (AvgIpc) is 2.30. The predicted octanol–water partition coefficient (Wildman–Crippen LogP) is 1.93. The van der Waals surface area contributed by atoms with Crippen LogP contribution in [0.5, 0.6) is 0 Å². The number of nitrogens with zero attached hydrogens (tertiary/aromatic N) is 2. The maximum Gasteiger partial charge on any atom is 0.115 e. The second-order valence-corrected chi connectivity index (χ2v) is 3.98. The van der Waals surface area contributed by atoms with Crippen molar-refractivity contribution < 1.29 is 0 Å². The van der Waals surface area contributed by atoms with Crippen molar-refractivity contribution in [3.8, 4) is 0 Å². The Balaban J connectivity index is 2.04. The van der Waals surface area contributed by atoms with E-state index in [0.29, 0.717) is 6.04 Å². The van der Waals surface area contributed by atoms with Crippen LogP contribution in [0, 0.1) is 5.92 Å². The molecule has 1 aliphatic heterocycles. The van der Waals surface area contributed by atoms with E-state index >= 15 is 0 Å². The molecule has 2 rings (SSSR count). The van der Waals surface area contributed by atoms with E-state index in [-0.39, 0.29) is 0 Å². The third-order valence-corrected chi connectivity index (χ3v) is 3.07. The molecule has 0 radical (unpaired) electrons. The van der Waals surface area contributed by atoms with Crippen molar-refractivity contribution >= 4 is 0 Å². The van der Waals surface area contributed by atoms with E-state index in [4.69, 9.17) is 0 Å². The molecule has 1 aliphatic rings. The normalized spacial score (nSPS) is 27.5. The second-order valence-electron chi connectivity index (χ2n) is 3.98. The van der Waals surface area contributed by atoms with Gasteiger partial charge < -0.3 is 5.32 Å². The summed E-state index contributed by atoms with van der Waals surface area (Å²) in [6, 6.07) is 0.468. The molecule has 1 fully saturated rings. The SMILES string of the molecule is CCC1CCNC(c2cncnc2)C1. The Labute approximate surface area is 85.0 Å². The number of piperidine rings is 1.